The number of carboxylic acids is 1. The number of hydrogen-bond acceptors (Lipinski definition) is 1. The summed E-state index contributed by atoms with van der Waals surface area (Å²) in [5.41, 5.74) is 0.731. The molecule has 0 aliphatic rings. The van der Waals surface area contributed by atoms with Crippen LogP contribution in [0, 0.1) is 5.41 Å². The van der Waals surface area contributed by atoms with Crippen LogP contribution in [-0.2, 0) is 4.79 Å². The van der Waals surface area contributed by atoms with Crippen molar-refractivity contribution >= 4 is 5.97 Å². The summed E-state index contributed by atoms with van der Waals surface area (Å²) in [5.74, 6) is -0.694. The van der Waals surface area contributed by atoms with Crippen molar-refractivity contribution in [2.24, 2.45) is 5.41 Å². The van der Waals surface area contributed by atoms with Crippen LogP contribution >= 0.6 is 0 Å². The van der Waals surface area contributed by atoms with E-state index in [0.29, 0.717) is 0 Å². The Morgan fingerprint density at radius 3 is 2.33 bits per heavy atom. The summed E-state index contributed by atoms with van der Waals surface area (Å²) in [6, 6.07) is 0. The van der Waals surface area contributed by atoms with E-state index < -0.39 is 11.4 Å². The molecule has 0 radical (unpaired) electrons. The van der Waals surface area contributed by atoms with Gasteiger partial charge in [0.1, 0.15) is 0 Å². The average Bonchev–Trinajstić information content (AvgIpc) is 2.16. The Morgan fingerprint density at radius 1 is 1.27 bits per heavy atom. The highest BCUT2D eigenvalue weighted by Gasteiger charge is 2.25. The largest absolute Gasteiger partial charge is 0.481 e. The van der Waals surface area contributed by atoms with Crippen molar-refractivity contribution in [3.05, 3.63) is 12.2 Å². The molecule has 0 aromatic carbocycles. The van der Waals surface area contributed by atoms with E-state index in [1.54, 1.807) is 13.8 Å². The van der Waals surface area contributed by atoms with Gasteiger partial charge in [0.2, 0.25) is 0 Å². The van der Waals surface area contributed by atoms with E-state index in [9.17, 15) is 4.79 Å². The molecule has 0 aromatic heterocycles. The van der Waals surface area contributed by atoms with E-state index >= 15 is 0 Å². The van der Waals surface area contributed by atoms with E-state index in [4.69, 9.17) is 5.11 Å². The standard InChI is InChI=1S/C13H24O2/c1-5-11(2)9-7-6-8-10-13(3,4)12(14)15/h2,5-10H2,1,3-4H3,(H,14,15). The molecule has 0 spiro atoms. The van der Waals surface area contributed by atoms with Crippen molar-refractivity contribution in [1.29, 1.82) is 0 Å². The van der Waals surface area contributed by atoms with E-state index in [1.807, 2.05) is 0 Å². The maximum Gasteiger partial charge on any atom is 0.309 e. The minimum Gasteiger partial charge on any atom is -0.481 e. The average molecular weight is 212 g/mol. The van der Waals surface area contributed by atoms with Gasteiger partial charge in [-0.15, -0.1) is 0 Å². The Bertz CT molecular complexity index is 217. The van der Waals surface area contributed by atoms with Gasteiger partial charge < -0.3 is 5.11 Å². The minimum atomic E-state index is -0.694. The molecule has 2 nitrogen and oxygen atoms in total. The highest BCUT2D eigenvalue weighted by Crippen LogP contribution is 2.24. The van der Waals surface area contributed by atoms with Gasteiger partial charge in [0.05, 0.1) is 5.41 Å². The van der Waals surface area contributed by atoms with Crippen LogP contribution in [0.1, 0.15) is 59.3 Å². The lowest BCUT2D eigenvalue weighted by atomic mass is 9.87. The first-order chi connectivity index (χ1) is 6.90. The molecule has 0 bridgehead atoms. The van der Waals surface area contributed by atoms with Gasteiger partial charge in [-0.25, -0.2) is 0 Å². The Balaban J connectivity index is 3.55. The van der Waals surface area contributed by atoms with Gasteiger partial charge in [0, 0.05) is 0 Å². The van der Waals surface area contributed by atoms with Crippen LogP contribution in [0.2, 0.25) is 0 Å². The Morgan fingerprint density at radius 2 is 1.87 bits per heavy atom. The molecule has 1 N–H and O–H groups in total. The summed E-state index contributed by atoms with van der Waals surface area (Å²) in [4.78, 5) is 10.8. The van der Waals surface area contributed by atoms with Crippen LogP contribution < -0.4 is 0 Å². The molecule has 0 aromatic rings. The van der Waals surface area contributed by atoms with Crippen LogP contribution in [-0.4, -0.2) is 11.1 Å². The molecular formula is C13H24O2. The SMILES string of the molecule is C=C(CC)CCCCCC(C)(C)C(=O)O. The van der Waals surface area contributed by atoms with Gasteiger partial charge in [-0.1, -0.05) is 31.9 Å². The van der Waals surface area contributed by atoms with E-state index in [1.165, 1.54) is 5.57 Å². The van der Waals surface area contributed by atoms with E-state index in [-0.39, 0.29) is 0 Å². The first kappa shape index (κ1) is 14.2. The molecule has 0 aliphatic carbocycles. The molecule has 0 aliphatic heterocycles. The number of carboxylic acid groups (broad SMARTS) is 1. The second kappa shape index (κ2) is 6.65. The third-order valence-electron chi connectivity index (χ3n) is 2.91. The quantitative estimate of drug-likeness (QED) is 0.487. The predicted molar refractivity (Wildman–Crippen MR) is 63.9 cm³/mol. The van der Waals surface area contributed by atoms with Gasteiger partial charge in [0.15, 0.2) is 0 Å². The number of rotatable bonds is 8. The molecule has 0 unspecified atom stereocenters. The summed E-state index contributed by atoms with van der Waals surface area (Å²) in [6.07, 6.45) is 6.15. The fraction of sp³-hybridized carbons (Fsp3) is 0.769. The van der Waals surface area contributed by atoms with Crippen LogP contribution in [0.15, 0.2) is 12.2 Å². The Hall–Kier alpha value is -0.790. The molecule has 0 fully saturated rings. The summed E-state index contributed by atoms with van der Waals surface area (Å²) in [5, 5.41) is 8.91. The van der Waals surface area contributed by atoms with Gasteiger partial charge in [0.25, 0.3) is 0 Å². The molecular weight excluding hydrogens is 188 g/mol. The second-order valence-corrected chi connectivity index (χ2v) is 4.85. The summed E-state index contributed by atoms with van der Waals surface area (Å²) >= 11 is 0. The minimum absolute atomic E-state index is 0.568. The lowest BCUT2D eigenvalue weighted by Crippen LogP contribution is -2.23. The molecule has 0 amide bonds. The monoisotopic (exact) mass is 212 g/mol. The maximum atomic E-state index is 10.8. The zero-order valence-corrected chi connectivity index (χ0v) is 10.3. The zero-order chi connectivity index (χ0) is 11.9. The first-order valence-electron chi connectivity index (χ1n) is 5.80. The van der Waals surface area contributed by atoms with Gasteiger partial charge in [-0.3, -0.25) is 4.79 Å². The van der Waals surface area contributed by atoms with Crippen LogP contribution in [0.25, 0.3) is 0 Å². The highest BCUT2D eigenvalue weighted by atomic mass is 16.4. The molecule has 2 heteroatoms. The number of unbranched alkanes of at least 4 members (excludes halogenated alkanes) is 2. The zero-order valence-electron chi connectivity index (χ0n) is 10.3. The highest BCUT2D eigenvalue weighted by molar-refractivity contribution is 5.73. The van der Waals surface area contributed by atoms with Gasteiger partial charge in [-0.2, -0.15) is 0 Å². The van der Waals surface area contributed by atoms with Crippen LogP contribution in [0.5, 0.6) is 0 Å². The normalized spacial score (nSPS) is 11.4. The van der Waals surface area contributed by atoms with Gasteiger partial charge in [-0.05, 0) is 39.5 Å². The third kappa shape index (κ3) is 6.32. The van der Waals surface area contributed by atoms with Crippen LogP contribution in [0.3, 0.4) is 0 Å². The third-order valence-corrected chi connectivity index (χ3v) is 2.91. The number of aliphatic carboxylic acids is 1. The first-order valence-corrected chi connectivity index (χ1v) is 5.80. The summed E-state index contributed by atoms with van der Waals surface area (Å²) < 4.78 is 0. The smallest absolute Gasteiger partial charge is 0.309 e. The molecule has 88 valence electrons. The van der Waals surface area contributed by atoms with Crippen molar-refractivity contribution < 1.29 is 9.90 Å². The maximum absolute atomic E-state index is 10.8. The molecule has 0 heterocycles. The van der Waals surface area contributed by atoms with Gasteiger partial charge >= 0.3 is 5.97 Å². The molecule has 0 saturated carbocycles. The van der Waals surface area contributed by atoms with Crippen molar-refractivity contribution in [1.82, 2.24) is 0 Å². The topological polar surface area (TPSA) is 37.3 Å². The lowest BCUT2D eigenvalue weighted by molar-refractivity contribution is -0.147. The Labute approximate surface area is 93.4 Å². The molecule has 0 atom stereocenters. The fourth-order valence-electron chi connectivity index (χ4n) is 1.40. The number of hydrogen-bond donors (Lipinski definition) is 1. The summed E-state index contributed by atoms with van der Waals surface area (Å²) in [7, 11) is 0. The van der Waals surface area contributed by atoms with Crippen molar-refractivity contribution in [2.75, 3.05) is 0 Å². The number of carbonyl (C=O) groups is 1. The van der Waals surface area contributed by atoms with Crippen LogP contribution in [0.4, 0.5) is 0 Å². The van der Waals surface area contributed by atoms with E-state index in [2.05, 4.69) is 13.5 Å². The predicted octanol–water partition coefficient (Wildman–Crippen LogP) is 4.01. The van der Waals surface area contributed by atoms with Crippen molar-refractivity contribution in [3.8, 4) is 0 Å². The molecule has 0 rings (SSSR count). The fourth-order valence-corrected chi connectivity index (χ4v) is 1.40. The van der Waals surface area contributed by atoms with Crippen molar-refractivity contribution in [3.63, 3.8) is 0 Å². The summed E-state index contributed by atoms with van der Waals surface area (Å²) in [6.45, 7) is 9.66. The van der Waals surface area contributed by atoms with E-state index in [0.717, 1.165) is 38.5 Å². The second-order valence-electron chi connectivity index (χ2n) is 4.85. The number of allylic oxidation sites excluding steroid dienone is 1. The molecule has 15 heavy (non-hydrogen) atoms. The van der Waals surface area contributed by atoms with Crippen molar-refractivity contribution in [2.45, 2.75) is 59.3 Å². The Kier molecular flexibility index (Phi) is 6.30. The molecule has 0 saturated heterocycles. The lowest BCUT2D eigenvalue weighted by Gasteiger charge is -2.18.